The first-order valence-electron chi connectivity index (χ1n) is 7.58. The molecule has 0 radical (unpaired) electrons. The monoisotopic (exact) mass is 286 g/mol. The molecule has 0 N–H and O–H groups in total. The summed E-state index contributed by atoms with van der Waals surface area (Å²) in [6, 6.07) is 22.3. The van der Waals surface area contributed by atoms with Gasteiger partial charge in [0.2, 0.25) is 0 Å². The number of benzene rings is 2. The third-order valence-corrected chi connectivity index (χ3v) is 9.55. The predicted octanol–water partition coefficient (Wildman–Crippen LogP) is 3.34. The van der Waals surface area contributed by atoms with E-state index < -0.39 is 7.26 Å². The molecule has 2 aromatic rings. The van der Waals surface area contributed by atoms with E-state index in [1.54, 1.807) is 5.30 Å². The first kappa shape index (κ1) is 13.8. The van der Waals surface area contributed by atoms with E-state index >= 15 is 0 Å². The molecule has 0 amide bonds. The van der Waals surface area contributed by atoms with E-state index in [1.807, 2.05) is 0 Å². The molecule has 0 saturated carbocycles. The molecule has 0 bridgehead atoms. The van der Waals surface area contributed by atoms with Crippen LogP contribution < -0.4 is 9.79 Å². The van der Waals surface area contributed by atoms with Gasteiger partial charge in [0.25, 0.3) is 0 Å². The van der Waals surface area contributed by atoms with Crippen LogP contribution in [0.25, 0.3) is 0 Å². The van der Waals surface area contributed by atoms with E-state index in [9.17, 15) is 0 Å². The van der Waals surface area contributed by atoms with Gasteiger partial charge in [-0.3, -0.25) is 0 Å². The van der Waals surface area contributed by atoms with Gasteiger partial charge in [-0.05, 0) is 0 Å². The number of rotatable bonds is 2. The molecule has 1 fully saturated rings. The zero-order valence-electron chi connectivity index (χ0n) is 12.5. The van der Waals surface area contributed by atoms with Gasteiger partial charge in [-0.1, -0.05) is 0 Å². The van der Waals surface area contributed by atoms with Crippen LogP contribution in [0.3, 0.4) is 0 Å². The summed E-state index contributed by atoms with van der Waals surface area (Å²) < 4.78 is 1.11. The SMILES string of the molecule is C[N+]1(c2ccccc2)CC[PH](C)(c2ccccc2)CC1. The van der Waals surface area contributed by atoms with Crippen molar-refractivity contribution in [3.8, 4) is 0 Å². The summed E-state index contributed by atoms with van der Waals surface area (Å²) in [5, 5.41) is 1.64. The molecule has 0 unspecified atom stereocenters. The Morgan fingerprint density at radius 2 is 1.30 bits per heavy atom. The molecule has 1 nitrogen and oxygen atoms in total. The van der Waals surface area contributed by atoms with Crippen LogP contribution in [0.5, 0.6) is 0 Å². The van der Waals surface area contributed by atoms with Crippen LogP contribution in [0.15, 0.2) is 60.7 Å². The van der Waals surface area contributed by atoms with E-state index in [-0.39, 0.29) is 0 Å². The van der Waals surface area contributed by atoms with Gasteiger partial charge in [0.1, 0.15) is 0 Å². The second kappa shape index (κ2) is 5.31. The van der Waals surface area contributed by atoms with Gasteiger partial charge in [-0.25, -0.2) is 0 Å². The molecule has 1 aliphatic heterocycles. The summed E-state index contributed by atoms with van der Waals surface area (Å²) in [6.07, 6.45) is 2.78. The summed E-state index contributed by atoms with van der Waals surface area (Å²) in [5.41, 5.74) is 1.47. The summed E-state index contributed by atoms with van der Waals surface area (Å²) in [6.45, 7) is 5.13. The normalized spacial score (nSPS) is 26.9. The molecule has 20 heavy (non-hydrogen) atoms. The van der Waals surface area contributed by atoms with Crippen LogP contribution in [0, 0.1) is 0 Å². The van der Waals surface area contributed by atoms with Crippen LogP contribution in [0.2, 0.25) is 0 Å². The second-order valence-electron chi connectivity index (χ2n) is 6.61. The van der Waals surface area contributed by atoms with Gasteiger partial charge < -0.3 is 0 Å². The molecule has 2 aromatic carbocycles. The minimum atomic E-state index is -1.25. The number of hydrogen-bond acceptors (Lipinski definition) is 0. The van der Waals surface area contributed by atoms with Gasteiger partial charge in [0, 0.05) is 0 Å². The van der Waals surface area contributed by atoms with Crippen molar-refractivity contribution >= 4 is 18.3 Å². The van der Waals surface area contributed by atoms with Crippen molar-refractivity contribution in [2.24, 2.45) is 0 Å². The van der Waals surface area contributed by atoms with E-state index in [0.29, 0.717) is 0 Å². The van der Waals surface area contributed by atoms with Crippen molar-refractivity contribution in [2.75, 3.05) is 39.1 Å². The fourth-order valence-corrected chi connectivity index (χ4v) is 7.20. The van der Waals surface area contributed by atoms with E-state index in [2.05, 4.69) is 74.4 Å². The molecule has 3 rings (SSSR count). The Labute approximate surface area is 123 Å². The number of para-hydroxylation sites is 1. The van der Waals surface area contributed by atoms with E-state index in [0.717, 1.165) is 4.48 Å². The van der Waals surface area contributed by atoms with Crippen LogP contribution in [0.1, 0.15) is 0 Å². The maximum absolute atomic E-state index is 2.57. The molecule has 0 spiro atoms. The molecule has 1 heterocycles. The van der Waals surface area contributed by atoms with Crippen LogP contribution >= 0.6 is 7.26 Å². The zero-order valence-corrected chi connectivity index (χ0v) is 13.5. The molecule has 2 heteroatoms. The molecule has 1 saturated heterocycles. The second-order valence-corrected chi connectivity index (χ2v) is 11.3. The van der Waals surface area contributed by atoms with Crippen molar-refractivity contribution in [3.63, 3.8) is 0 Å². The number of nitrogens with zero attached hydrogens (tertiary/aromatic N) is 1. The molecule has 1 aliphatic rings. The fraction of sp³-hybridized carbons (Fsp3) is 0.333. The number of quaternary nitrogens is 1. The van der Waals surface area contributed by atoms with Gasteiger partial charge >= 0.3 is 123 Å². The summed E-state index contributed by atoms with van der Waals surface area (Å²) in [5.74, 6) is 0. The Morgan fingerprint density at radius 1 is 0.800 bits per heavy atom. The fourth-order valence-electron chi connectivity index (χ4n) is 3.40. The van der Waals surface area contributed by atoms with Crippen molar-refractivity contribution in [1.82, 2.24) is 4.48 Å². The van der Waals surface area contributed by atoms with Gasteiger partial charge in [-0.2, -0.15) is 0 Å². The standard InChI is InChI=1S/C18H25NP/c1-19(17-9-5-3-6-10-17)13-15-20(2,16-14-19)18-11-7-4-8-12-18/h3-12,20H,13-16H2,1-2H3/q+1. The van der Waals surface area contributed by atoms with Crippen LogP contribution in [-0.4, -0.2) is 39.1 Å². The number of hydrogen-bond donors (Lipinski definition) is 0. The quantitative estimate of drug-likeness (QED) is 0.587. The molecular weight excluding hydrogens is 261 g/mol. The van der Waals surface area contributed by atoms with Crippen LogP contribution in [-0.2, 0) is 0 Å². The van der Waals surface area contributed by atoms with Gasteiger partial charge in [0.15, 0.2) is 0 Å². The van der Waals surface area contributed by atoms with Crippen molar-refractivity contribution in [3.05, 3.63) is 60.7 Å². The first-order valence-corrected chi connectivity index (χ1v) is 10.5. The van der Waals surface area contributed by atoms with E-state index in [4.69, 9.17) is 0 Å². The first-order chi connectivity index (χ1) is 9.62. The topological polar surface area (TPSA) is 0 Å². The Bertz CT molecular complexity index is 503. The average molecular weight is 286 g/mol. The summed E-state index contributed by atoms with van der Waals surface area (Å²) in [4.78, 5) is 0. The Kier molecular flexibility index (Phi) is 3.67. The minimum absolute atomic E-state index is 1.11. The Balaban J connectivity index is 1.80. The van der Waals surface area contributed by atoms with Crippen molar-refractivity contribution in [1.29, 1.82) is 0 Å². The summed E-state index contributed by atoms with van der Waals surface area (Å²) >= 11 is 0. The predicted molar refractivity (Wildman–Crippen MR) is 93.9 cm³/mol. The third kappa shape index (κ3) is 2.53. The maximum atomic E-state index is 2.57. The molecule has 0 aliphatic carbocycles. The molecule has 0 aromatic heterocycles. The molecule has 0 atom stereocenters. The Morgan fingerprint density at radius 3 is 1.85 bits per heavy atom. The molecular formula is C18H25NP+. The van der Waals surface area contributed by atoms with E-state index in [1.165, 1.54) is 31.1 Å². The Hall–Kier alpha value is -1.17. The summed E-state index contributed by atoms with van der Waals surface area (Å²) in [7, 11) is 1.15. The van der Waals surface area contributed by atoms with Crippen molar-refractivity contribution in [2.45, 2.75) is 0 Å². The molecule has 106 valence electrons. The van der Waals surface area contributed by atoms with Crippen LogP contribution in [0.4, 0.5) is 5.69 Å². The van der Waals surface area contributed by atoms with Crippen molar-refractivity contribution < 1.29 is 0 Å². The average Bonchev–Trinajstić information content (AvgIpc) is 2.52. The van der Waals surface area contributed by atoms with Gasteiger partial charge in [0.05, 0.1) is 0 Å². The third-order valence-electron chi connectivity index (χ3n) is 5.16. The zero-order chi connectivity index (χ0) is 14.1. The van der Waals surface area contributed by atoms with Gasteiger partial charge in [-0.15, -0.1) is 0 Å².